The van der Waals surface area contributed by atoms with E-state index in [4.69, 9.17) is 0 Å². The molecule has 110 valence electrons. The summed E-state index contributed by atoms with van der Waals surface area (Å²) in [4.78, 5) is 1.27. The normalized spacial score (nSPS) is 13.8. The third-order valence-electron chi connectivity index (χ3n) is 4.08. The highest BCUT2D eigenvalue weighted by atomic mass is 32.1. The van der Waals surface area contributed by atoms with E-state index < -0.39 is 5.54 Å². The molecule has 3 nitrogen and oxygen atoms in total. The van der Waals surface area contributed by atoms with Crippen molar-refractivity contribution >= 4 is 21.4 Å². The van der Waals surface area contributed by atoms with E-state index in [-0.39, 0.29) is 19.3 Å². The van der Waals surface area contributed by atoms with Crippen LogP contribution < -0.4 is 5.32 Å². The van der Waals surface area contributed by atoms with Gasteiger partial charge in [0.15, 0.2) is 0 Å². The van der Waals surface area contributed by atoms with E-state index in [0.29, 0.717) is 6.42 Å². The summed E-state index contributed by atoms with van der Waals surface area (Å²) in [5.41, 5.74) is 0.675. The predicted octanol–water partition coefficient (Wildman–Crippen LogP) is 2.99. The van der Waals surface area contributed by atoms with Crippen molar-refractivity contribution in [3.05, 3.63) is 34.7 Å². The van der Waals surface area contributed by atoms with E-state index in [1.54, 1.807) is 11.3 Å². The molecule has 1 heterocycles. The molecule has 1 unspecified atom stereocenters. The lowest BCUT2D eigenvalue weighted by atomic mass is 9.96. The fourth-order valence-electron chi connectivity index (χ4n) is 2.60. The van der Waals surface area contributed by atoms with Gasteiger partial charge in [-0.05, 0) is 37.3 Å². The number of benzene rings is 1. The van der Waals surface area contributed by atoms with E-state index in [9.17, 15) is 10.2 Å². The van der Waals surface area contributed by atoms with Crippen molar-refractivity contribution in [2.75, 3.05) is 13.2 Å². The van der Waals surface area contributed by atoms with Gasteiger partial charge in [-0.2, -0.15) is 0 Å². The number of hydrogen-bond donors (Lipinski definition) is 3. The number of aliphatic hydroxyl groups excluding tert-OH is 2. The molecule has 3 N–H and O–H groups in total. The van der Waals surface area contributed by atoms with Crippen molar-refractivity contribution in [2.45, 2.75) is 38.8 Å². The van der Waals surface area contributed by atoms with Gasteiger partial charge in [0.2, 0.25) is 0 Å². The third-order valence-corrected chi connectivity index (χ3v) is 5.53. The summed E-state index contributed by atoms with van der Waals surface area (Å²) in [6.07, 6.45) is 0.689. The SMILES string of the molecule is CCC(CO)(CO)NC(C)c1sc2ccccc2c1C. The van der Waals surface area contributed by atoms with Crippen LogP contribution in [0.1, 0.15) is 36.8 Å². The van der Waals surface area contributed by atoms with Gasteiger partial charge in [0, 0.05) is 15.6 Å². The van der Waals surface area contributed by atoms with Crippen LogP contribution in [0.4, 0.5) is 0 Å². The fourth-order valence-corrected chi connectivity index (χ4v) is 3.81. The highest BCUT2D eigenvalue weighted by Gasteiger charge is 2.29. The number of rotatable bonds is 6. The third kappa shape index (κ3) is 2.74. The smallest absolute Gasteiger partial charge is 0.0650 e. The Morgan fingerprint density at radius 1 is 1.25 bits per heavy atom. The molecule has 1 aromatic heterocycles. The van der Waals surface area contributed by atoms with Crippen molar-refractivity contribution in [3.63, 3.8) is 0 Å². The maximum Gasteiger partial charge on any atom is 0.0650 e. The Hall–Kier alpha value is -0.940. The minimum Gasteiger partial charge on any atom is -0.394 e. The maximum atomic E-state index is 9.56. The zero-order valence-electron chi connectivity index (χ0n) is 12.3. The summed E-state index contributed by atoms with van der Waals surface area (Å²) >= 11 is 1.78. The van der Waals surface area contributed by atoms with Crippen LogP contribution >= 0.6 is 11.3 Å². The van der Waals surface area contributed by atoms with Crippen molar-refractivity contribution in [3.8, 4) is 0 Å². The van der Waals surface area contributed by atoms with Gasteiger partial charge >= 0.3 is 0 Å². The van der Waals surface area contributed by atoms with Crippen LogP contribution in [-0.4, -0.2) is 29.0 Å². The van der Waals surface area contributed by atoms with Crippen molar-refractivity contribution in [2.24, 2.45) is 0 Å². The average Bonchev–Trinajstić information content (AvgIpc) is 2.83. The van der Waals surface area contributed by atoms with Crippen LogP contribution in [-0.2, 0) is 0 Å². The van der Waals surface area contributed by atoms with Crippen LogP contribution in [0.15, 0.2) is 24.3 Å². The van der Waals surface area contributed by atoms with Crippen LogP contribution in [0.2, 0.25) is 0 Å². The second-order valence-corrected chi connectivity index (χ2v) is 6.49. The van der Waals surface area contributed by atoms with Gasteiger partial charge in [0.05, 0.1) is 18.8 Å². The summed E-state index contributed by atoms with van der Waals surface area (Å²) < 4.78 is 1.28. The molecular formula is C16H23NO2S. The molecule has 0 fully saturated rings. The topological polar surface area (TPSA) is 52.5 Å². The molecule has 0 aliphatic carbocycles. The Balaban J connectivity index is 2.31. The predicted molar refractivity (Wildman–Crippen MR) is 85.3 cm³/mol. The van der Waals surface area contributed by atoms with E-state index in [2.05, 4.69) is 43.4 Å². The highest BCUT2D eigenvalue weighted by molar-refractivity contribution is 7.19. The standard InChI is InChI=1S/C16H23NO2S/c1-4-16(9-18,10-19)17-12(3)15-11(2)13-7-5-6-8-14(13)20-15/h5-8,12,17-19H,4,9-10H2,1-3H3. The van der Waals surface area contributed by atoms with E-state index in [0.717, 1.165) is 0 Å². The Morgan fingerprint density at radius 3 is 2.45 bits per heavy atom. The van der Waals surface area contributed by atoms with Gasteiger partial charge < -0.3 is 10.2 Å². The molecule has 0 radical (unpaired) electrons. The van der Waals surface area contributed by atoms with E-state index in [1.807, 2.05) is 6.92 Å². The molecule has 20 heavy (non-hydrogen) atoms. The van der Waals surface area contributed by atoms with Crippen LogP contribution in [0.5, 0.6) is 0 Å². The molecule has 2 aromatic rings. The number of hydrogen-bond acceptors (Lipinski definition) is 4. The summed E-state index contributed by atoms with van der Waals surface area (Å²) in [7, 11) is 0. The molecule has 2 rings (SSSR count). The Bertz CT molecular complexity index is 567. The number of thiophene rings is 1. The molecule has 0 spiro atoms. The first kappa shape index (κ1) is 15.4. The van der Waals surface area contributed by atoms with Crippen molar-refractivity contribution < 1.29 is 10.2 Å². The number of fused-ring (bicyclic) bond motifs is 1. The van der Waals surface area contributed by atoms with Crippen LogP contribution in [0, 0.1) is 6.92 Å². The van der Waals surface area contributed by atoms with E-state index in [1.165, 1.54) is 20.5 Å². The van der Waals surface area contributed by atoms with E-state index >= 15 is 0 Å². The molecule has 0 aliphatic rings. The molecule has 0 saturated carbocycles. The molecule has 0 bridgehead atoms. The summed E-state index contributed by atoms with van der Waals surface area (Å²) in [6.45, 7) is 6.08. The quantitative estimate of drug-likeness (QED) is 0.767. The summed E-state index contributed by atoms with van der Waals surface area (Å²) in [5.74, 6) is 0. The minimum absolute atomic E-state index is 0.0612. The largest absolute Gasteiger partial charge is 0.394 e. The first-order valence-corrected chi connectivity index (χ1v) is 7.86. The lowest BCUT2D eigenvalue weighted by Crippen LogP contribution is -2.52. The monoisotopic (exact) mass is 293 g/mol. The van der Waals surface area contributed by atoms with Gasteiger partial charge in [-0.25, -0.2) is 0 Å². The zero-order valence-corrected chi connectivity index (χ0v) is 13.1. The minimum atomic E-state index is -0.609. The second kappa shape index (κ2) is 6.22. The van der Waals surface area contributed by atoms with Crippen LogP contribution in [0.25, 0.3) is 10.1 Å². The second-order valence-electron chi connectivity index (χ2n) is 5.40. The Labute approximate surface area is 124 Å². The summed E-state index contributed by atoms with van der Waals surface area (Å²) in [5, 5.41) is 23.8. The first-order chi connectivity index (χ1) is 9.56. The van der Waals surface area contributed by atoms with Gasteiger partial charge in [-0.3, -0.25) is 5.32 Å². The Morgan fingerprint density at radius 2 is 1.90 bits per heavy atom. The molecule has 1 atom stereocenters. The molecule has 1 aromatic carbocycles. The number of nitrogens with one attached hydrogen (secondary N) is 1. The molecule has 0 amide bonds. The molecule has 4 heteroatoms. The molecule has 0 saturated heterocycles. The summed E-state index contributed by atoms with van der Waals surface area (Å²) in [6, 6.07) is 8.49. The fraction of sp³-hybridized carbons (Fsp3) is 0.500. The lowest BCUT2D eigenvalue weighted by Gasteiger charge is -2.33. The highest BCUT2D eigenvalue weighted by Crippen LogP contribution is 2.35. The Kier molecular flexibility index (Phi) is 4.81. The number of aryl methyl sites for hydroxylation is 1. The van der Waals surface area contributed by atoms with Crippen LogP contribution in [0.3, 0.4) is 0 Å². The molecular weight excluding hydrogens is 270 g/mol. The first-order valence-electron chi connectivity index (χ1n) is 7.04. The lowest BCUT2D eigenvalue weighted by molar-refractivity contribution is 0.0796. The van der Waals surface area contributed by atoms with Gasteiger partial charge in [-0.1, -0.05) is 25.1 Å². The molecule has 0 aliphatic heterocycles. The van der Waals surface area contributed by atoms with Gasteiger partial charge in [0.1, 0.15) is 0 Å². The average molecular weight is 293 g/mol. The van der Waals surface area contributed by atoms with Gasteiger partial charge in [-0.15, -0.1) is 11.3 Å². The van der Waals surface area contributed by atoms with Crippen molar-refractivity contribution in [1.29, 1.82) is 0 Å². The van der Waals surface area contributed by atoms with Gasteiger partial charge in [0.25, 0.3) is 0 Å². The number of aliphatic hydroxyl groups is 2. The zero-order chi connectivity index (χ0) is 14.8. The maximum absolute atomic E-state index is 9.56. The van der Waals surface area contributed by atoms with Crippen molar-refractivity contribution in [1.82, 2.24) is 5.32 Å².